The van der Waals surface area contributed by atoms with Gasteiger partial charge < -0.3 is 14.8 Å². The molecule has 1 amide bonds. The van der Waals surface area contributed by atoms with Gasteiger partial charge in [0.25, 0.3) is 0 Å². The summed E-state index contributed by atoms with van der Waals surface area (Å²) < 4.78 is 35.8. The molecule has 150 valence electrons. The first-order valence-electron chi connectivity index (χ1n) is 8.77. The van der Waals surface area contributed by atoms with Crippen LogP contribution in [-0.4, -0.2) is 33.8 Å². The van der Waals surface area contributed by atoms with Gasteiger partial charge in [-0.2, -0.15) is 0 Å². The molecular weight excluding hydrogens is 380 g/mol. The molecule has 0 aliphatic rings. The van der Waals surface area contributed by atoms with Crippen LogP contribution in [-0.2, 0) is 14.8 Å². The smallest absolute Gasteiger partial charge is 0.248 e. The van der Waals surface area contributed by atoms with Gasteiger partial charge in [0.15, 0.2) is 11.5 Å². The Morgan fingerprint density at radius 3 is 2.18 bits per heavy atom. The summed E-state index contributed by atoms with van der Waals surface area (Å²) >= 11 is 0. The summed E-state index contributed by atoms with van der Waals surface area (Å²) in [5, 5.41) is 2.71. The number of nitrogens with one attached hydrogen (secondary N) is 2. The standard InChI is InChI=1S/C20H24N2O5S/c1-4-26-18-12-6-15(14-19(18)27-5-2)7-13-20(23)21-16-8-10-17(11-9-16)22-28(3,24)25/h6-14,22H,4-5H2,1-3H3,(H,21,23)/b13-7+. The van der Waals surface area contributed by atoms with E-state index in [4.69, 9.17) is 9.47 Å². The van der Waals surface area contributed by atoms with E-state index in [1.165, 1.54) is 6.08 Å². The highest BCUT2D eigenvalue weighted by Crippen LogP contribution is 2.29. The highest BCUT2D eigenvalue weighted by molar-refractivity contribution is 7.92. The Labute approximate surface area is 165 Å². The topological polar surface area (TPSA) is 93.7 Å². The fourth-order valence-electron chi connectivity index (χ4n) is 2.36. The van der Waals surface area contributed by atoms with Crippen molar-refractivity contribution in [2.24, 2.45) is 0 Å². The molecule has 0 bridgehead atoms. The molecule has 8 heteroatoms. The first kappa shape index (κ1) is 21.3. The van der Waals surface area contributed by atoms with E-state index < -0.39 is 10.0 Å². The molecule has 0 radical (unpaired) electrons. The first-order valence-corrected chi connectivity index (χ1v) is 10.7. The zero-order valence-corrected chi connectivity index (χ0v) is 16.9. The lowest BCUT2D eigenvalue weighted by atomic mass is 10.2. The van der Waals surface area contributed by atoms with E-state index in [1.54, 1.807) is 36.4 Å². The Morgan fingerprint density at radius 1 is 0.964 bits per heavy atom. The van der Waals surface area contributed by atoms with Crippen molar-refractivity contribution >= 4 is 33.4 Å². The summed E-state index contributed by atoms with van der Waals surface area (Å²) in [6.07, 6.45) is 4.16. The predicted octanol–water partition coefficient (Wildman–Crippen LogP) is 3.51. The van der Waals surface area contributed by atoms with Gasteiger partial charge in [0.05, 0.1) is 19.5 Å². The van der Waals surface area contributed by atoms with E-state index in [-0.39, 0.29) is 5.91 Å². The molecule has 0 aromatic heterocycles. The summed E-state index contributed by atoms with van der Waals surface area (Å²) in [4.78, 5) is 12.1. The van der Waals surface area contributed by atoms with Gasteiger partial charge in [-0.05, 0) is 61.9 Å². The molecule has 2 aromatic carbocycles. The van der Waals surface area contributed by atoms with E-state index in [2.05, 4.69) is 10.0 Å². The van der Waals surface area contributed by atoms with Gasteiger partial charge >= 0.3 is 0 Å². The van der Waals surface area contributed by atoms with E-state index in [0.717, 1.165) is 11.8 Å². The van der Waals surface area contributed by atoms with Crippen LogP contribution in [0.2, 0.25) is 0 Å². The quantitative estimate of drug-likeness (QED) is 0.624. The maximum atomic E-state index is 12.1. The molecule has 7 nitrogen and oxygen atoms in total. The average Bonchev–Trinajstić information content (AvgIpc) is 2.63. The Morgan fingerprint density at radius 2 is 1.57 bits per heavy atom. The van der Waals surface area contributed by atoms with Crippen molar-refractivity contribution in [3.05, 3.63) is 54.1 Å². The van der Waals surface area contributed by atoms with Gasteiger partial charge in [0.1, 0.15) is 0 Å². The van der Waals surface area contributed by atoms with Crippen molar-refractivity contribution < 1.29 is 22.7 Å². The molecule has 0 saturated heterocycles. The SMILES string of the molecule is CCOc1ccc(/C=C/C(=O)Nc2ccc(NS(C)(=O)=O)cc2)cc1OCC. The van der Waals surface area contributed by atoms with Crippen molar-refractivity contribution in [3.63, 3.8) is 0 Å². The van der Waals surface area contributed by atoms with Crippen LogP contribution in [0.15, 0.2) is 48.5 Å². The number of ether oxygens (including phenoxy) is 2. The van der Waals surface area contributed by atoms with Gasteiger partial charge in [-0.25, -0.2) is 8.42 Å². The van der Waals surface area contributed by atoms with Crippen LogP contribution < -0.4 is 19.5 Å². The Bertz CT molecular complexity index is 938. The molecule has 0 aliphatic heterocycles. The molecule has 2 rings (SSSR count). The number of benzene rings is 2. The predicted molar refractivity (Wildman–Crippen MR) is 111 cm³/mol. The van der Waals surface area contributed by atoms with Crippen molar-refractivity contribution in [2.45, 2.75) is 13.8 Å². The number of anilines is 2. The molecule has 28 heavy (non-hydrogen) atoms. The minimum absolute atomic E-state index is 0.310. The second-order valence-electron chi connectivity index (χ2n) is 5.85. The largest absolute Gasteiger partial charge is 0.490 e. The van der Waals surface area contributed by atoms with E-state index in [9.17, 15) is 13.2 Å². The van der Waals surface area contributed by atoms with Gasteiger partial charge in [0.2, 0.25) is 15.9 Å². The zero-order chi connectivity index (χ0) is 20.6. The molecule has 0 aliphatic carbocycles. The number of amides is 1. The van der Waals surface area contributed by atoms with Gasteiger partial charge in [0, 0.05) is 17.5 Å². The lowest BCUT2D eigenvalue weighted by Gasteiger charge is -2.11. The van der Waals surface area contributed by atoms with Crippen LogP contribution in [0.1, 0.15) is 19.4 Å². The molecule has 0 saturated carbocycles. The van der Waals surface area contributed by atoms with Crippen LogP contribution in [0.25, 0.3) is 6.08 Å². The zero-order valence-electron chi connectivity index (χ0n) is 16.1. The van der Waals surface area contributed by atoms with Crippen molar-refractivity contribution in [1.82, 2.24) is 0 Å². The van der Waals surface area contributed by atoms with Crippen molar-refractivity contribution in [2.75, 3.05) is 29.5 Å². The van der Waals surface area contributed by atoms with Crippen LogP contribution in [0.4, 0.5) is 11.4 Å². The third-order valence-corrected chi connectivity index (χ3v) is 4.06. The number of hydrogen-bond donors (Lipinski definition) is 2. The highest BCUT2D eigenvalue weighted by Gasteiger charge is 2.06. The maximum absolute atomic E-state index is 12.1. The van der Waals surface area contributed by atoms with Crippen LogP contribution in [0.5, 0.6) is 11.5 Å². The second kappa shape index (κ2) is 9.80. The number of hydrogen-bond acceptors (Lipinski definition) is 5. The summed E-state index contributed by atoms with van der Waals surface area (Å²) in [6, 6.07) is 11.8. The first-order chi connectivity index (χ1) is 13.3. The Hall–Kier alpha value is -3.00. The van der Waals surface area contributed by atoms with Gasteiger partial charge in [-0.1, -0.05) is 6.07 Å². The minimum atomic E-state index is -3.33. The number of carbonyl (C=O) groups is 1. The van der Waals surface area contributed by atoms with Crippen molar-refractivity contribution in [3.8, 4) is 11.5 Å². The minimum Gasteiger partial charge on any atom is -0.490 e. The summed E-state index contributed by atoms with van der Waals surface area (Å²) in [5.74, 6) is 0.977. The van der Waals surface area contributed by atoms with Crippen LogP contribution >= 0.6 is 0 Å². The fraction of sp³-hybridized carbons (Fsp3) is 0.250. The Balaban J connectivity index is 2.02. The molecule has 0 fully saturated rings. The Kier molecular flexibility index (Phi) is 7.45. The van der Waals surface area contributed by atoms with E-state index in [1.807, 2.05) is 26.0 Å². The van der Waals surface area contributed by atoms with Crippen LogP contribution in [0.3, 0.4) is 0 Å². The molecule has 0 spiro atoms. The lowest BCUT2D eigenvalue weighted by Crippen LogP contribution is -2.10. The summed E-state index contributed by atoms with van der Waals surface area (Å²) in [6.45, 7) is 4.84. The normalized spacial score (nSPS) is 11.2. The number of rotatable bonds is 9. The molecule has 0 unspecified atom stereocenters. The summed E-state index contributed by atoms with van der Waals surface area (Å²) in [7, 11) is -3.33. The fourth-order valence-corrected chi connectivity index (χ4v) is 2.93. The average molecular weight is 404 g/mol. The number of sulfonamides is 1. The molecule has 0 heterocycles. The molecule has 2 aromatic rings. The highest BCUT2D eigenvalue weighted by atomic mass is 32.2. The number of carbonyl (C=O) groups excluding carboxylic acids is 1. The third kappa shape index (κ3) is 6.96. The third-order valence-electron chi connectivity index (χ3n) is 3.45. The molecular formula is C20H24N2O5S. The van der Waals surface area contributed by atoms with Gasteiger partial charge in [-0.15, -0.1) is 0 Å². The lowest BCUT2D eigenvalue weighted by molar-refractivity contribution is -0.111. The molecule has 2 N–H and O–H groups in total. The van der Waals surface area contributed by atoms with Crippen LogP contribution in [0, 0.1) is 0 Å². The maximum Gasteiger partial charge on any atom is 0.248 e. The van der Waals surface area contributed by atoms with E-state index in [0.29, 0.717) is 36.1 Å². The van der Waals surface area contributed by atoms with Crippen molar-refractivity contribution in [1.29, 1.82) is 0 Å². The molecule has 0 atom stereocenters. The van der Waals surface area contributed by atoms with Gasteiger partial charge in [-0.3, -0.25) is 9.52 Å². The van der Waals surface area contributed by atoms with E-state index >= 15 is 0 Å². The monoisotopic (exact) mass is 404 g/mol. The summed E-state index contributed by atoms with van der Waals surface area (Å²) in [5.41, 5.74) is 1.78. The second-order valence-corrected chi connectivity index (χ2v) is 7.59.